The number of hydrogen-bond acceptors (Lipinski definition) is 4. The molecular formula is C34H47NO3. The van der Waals surface area contributed by atoms with Gasteiger partial charge >= 0.3 is 0 Å². The maximum atomic E-state index is 11.6. The summed E-state index contributed by atoms with van der Waals surface area (Å²) in [4.78, 5) is 24.9. The molecule has 4 nitrogen and oxygen atoms in total. The van der Waals surface area contributed by atoms with Gasteiger partial charge < -0.3 is 14.8 Å². The van der Waals surface area contributed by atoms with Gasteiger partial charge in [0, 0.05) is 25.3 Å². The average Bonchev–Trinajstić information content (AvgIpc) is 3.44. The largest absolute Gasteiger partial charge is 0.508 e. The summed E-state index contributed by atoms with van der Waals surface area (Å²) >= 11 is 0. The van der Waals surface area contributed by atoms with Crippen molar-refractivity contribution in [2.45, 2.75) is 72.6 Å². The number of rotatable bonds is 10. The van der Waals surface area contributed by atoms with Crippen LogP contribution in [0.5, 0.6) is 0 Å². The van der Waals surface area contributed by atoms with Crippen molar-refractivity contribution in [3.63, 3.8) is 0 Å². The topological polar surface area (TPSA) is 57.6 Å². The summed E-state index contributed by atoms with van der Waals surface area (Å²) in [5, 5.41) is 9.08. The number of Topliss-reactive ketones (excluding diaryl/α,β-unsaturated/α-hetero) is 2. The van der Waals surface area contributed by atoms with Crippen molar-refractivity contribution in [1.29, 1.82) is 0 Å². The van der Waals surface area contributed by atoms with Gasteiger partial charge in [-0.3, -0.25) is 4.79 Å². The number of aliphatic hydroxyl groups excluding tert-OH is 1. The van der Waals surface area contributed by atoms with Gasteiger partial charge in [0.05, 0.1) is 0 Å². The molecule has 1 aliphatic carbocycles. The van der Waals surface area contributed by atoms with Gasteiger partial charge in [-0.15, -0.1) is 0 Å². The average molecular weight is 518 g/mol. The smallest absolute Gasteiger partial charge is 0.140 e. The Morgan fingerprint density at radius 2 is 1.58 bits per heavy atom. The van der Waals surface area contributed by atoms with Crippen molar-refractivity contribution < 1.29 is 14.7 Å². The van der Waals surface area contributed by atoms with Crippen molar-refractivity contribution in [2.24, 2.45) is 11.8 Å². The molecule has 4 heteroatoms. The predicted octanol–water partition coefficient (Wildman–Crippen LogP) is 7.99. The lowest BCUT2D eigenvalue weighted by atomic mass is 9.92. The molecule has 2 aromatic carbocycles. The minimum atomic E-state index is -0.118. The molecule has 0 saturated carbocycles. The second-order valence-electron chi connectivity index (χ2n) is 10.2. The van der Waals surface area contributed by atoms with Crippen LogP contribution in [0.15, 0.2) is 78.6 Å². The molecule has 0 aromatic heterocycles. The van der Waals surface area contributed by atoms with E-state index < -0.39 is 0 Å². The number of ketones is 2. The first-order valence-corrected chi connectivity index (χ1v) is 14.4. The fourth-order valence-corrected chi connectivity index (χ4v) is 4.88. The summed E-state index contributed by atoms with van der Waals surface area (Å²) in [6.07, 6.45) is 11.0. The minimum Gasteiger partial charge on any atom is -0.508 e. The van der Waals surface area contributed by atoms with Gasteiger partial charge in [0.1, 0.15) is 17.3 Å². The summed E-state index contributed by atoms with van der Waals surface area (Å²) in [5.41, 5.74) is 4.07. The van der Waals surface area contributed by atoms with Crippen LogP contribution in [0.3, 0.4) is 0 Å². The van der Waals surface area contributed by atoms with Crippen LogP contribution in [0.25, 0.3) is 11.1 Å². The van der Waals surface area contributed by atoms with Crippen LogP contribution in [0, 0.1) is 11.8 Å². The second kappa shape index (κ2) is 17.5. The van der Waals surface area contributed by atoms with Crippen molar-refractivity contribution >= 4 is 11.6 Å². The third-order valence-electron chi connectivity index (χ3n) is 6.86. The molecule has 0 bridgehead atoms. The molecule has 1 fully saturated rings. The highest BCUT2D eigenvalue weighted by Crippen LogP contribution is 2.21. The molecule has 0 amide bonds. The molecule has 2 aromatic rings. The molecule has 2 atom stereocenters. The van der Waals surface area contributed by atoms with Crippen LogP contribution in [0.1, 0.15) is 71.8 Å². The standard InChI is InChI=1S/C20H25N.C12H16O3.C2H6/c1-17(16-21-13-5-6-14-21)15-18-9-11-20(12-10-18)19-7-3-2-4-8-19;1-9(13)3-2-4-12(15)10-5-7-11(14)8-6-10;1-2/h2-4,7-12,17H,5-6,13-16H2,1H3;5,7-8,10,14H,2-4,6H2,1H3;1-2H3. The predicted molar refractivity (Wildman–Crippen MR) is 159 cm³/mol. The second-order valence-corrected chi connectivity index (χ2v) is 10.2. The molecule has 2 unspecified atom stereocenters. The van der Waals surface area contributed by atoms with Gasteiger partial charge in [-0.2, -0.15) is 0 Å². The first-order valence-electron chi connectivity index (χ1n) is 14.4. The van der Waals surface area contributed by atoms with Gasteiger partial charge in [0.2, 0.25) is 0 Å². The van der Waals surface area contributed by atoms with Crippen LogP contribution in [-0.2, 0) is 16.0 Å². The number of benzene rings is 2. The Bertz CT molecular complexity index is 1020. The summed E-state index contributed by atoms with van der Waals surface area (Å²) in [6, 6.07) is 19.7. The Morgan fingerprint density at radius 1 is 0.947 bits per heavy atom. The van der Waals surface area contributed by atoms with Crippen molar-refractivity contribution in [3.8, 4) is 11.1 Å². The third kappa shape index (κ3) is 11.6. The highest BCUT2D eigenvalue weighted by atomic mass is 16.3. The third-order valence-corrected chi connectivity index (χ3v) is 6.86. The van der Waals surface area contributed by atoms with E-state index in [1.807, 2.05) is 13.8 Å². The van der Waals surface area contributed by atoms with Gasteiger partial charge in [0.15, 0.2) is 0 Å². The number of allylic oxidation sites excluding steroid dienone is 3. The van der Waals surface area contributed by atoms with Crippen LogP contribution >= 0.6 is 0 Å². The summed E-state index contributed by atoms with van der Waals surface area (Å²) in [5.74, 6) is 1.12. The monoisotopic (exact) mass is 517 g/mol. The molecule has 0 radical (unpaired) electrons. The quantitative estimate of drug-likeness (QED) is 0.347. The Morgan fingerprint density at radius 3 is 2.16 bits per heavy atom. The number of carbonyl (C=O) groups excluding carboxylic acids is 2. The number of nitrogens with zero attached hydrogens (tertiary/aromatic N) is 1. The van der Waals surface area contributed by atoms with Crippen molar-refractivity contribution in [3.05, 3.63) is 84.1 Å². The zero-order chi connectivity index (χ0) is 27.8. The van der Waals surface area contributed by atoms with E-state index in [1.54, 1.807) is 18.2 Å². The lowest BCUT2D eigenvalue weighted by Gasteiger charge is -2.20. The molecule has 2 aliphatic rings. The molecule has 1 saturated heterocycles. The van der Waals surface area contributed by atoms with E-state index in [2.05, 4.69) is 66.4 Å². The summed E-state index contributed by atoms with van der Waals surface area (Å²) < 4.78 is 0. The van der Waals surface area contributed by atoms with Gasteiger partial charge in [-0.1, -0.05) is 81.4 Å². The highest BCUT2D eigenvalue weighted by Gasteiger charge is 2.17. The van der Waals surface area contributed by atoms with E-state index in [1.165, 1.54) is 62.5 Å². The lowest BCUT2D eigenvalue weighted by molar-refractivity contribution is -0.121. The number of hydrogen-bond donors (Lipinski definition) is 1. The minimum absolute atomic E-state index is 0.118. The summed E-state index contributed by atoms with van der Waals surface area (Å²) in [6.45, 7) is 11.8. The maximum Gasteiger partial charge on any atom is 0.140 e. The molecule has 1 heterocycles. The fraction of sp³-hybridized carbons (Fsp3) is 0.471. The molecule has 4 rings (SSSR count). The maximum absolute atomic E-state index is 11.6. The van der Waals surface area contributed by atoms with Crippen molar-refractivity contribution in [1.82, 2.24) is 4.90 Å². The van der Waals surface area contributed by atoms with E-state index in [0.717, 1.165) is 5.92 Å². The molecule has 1 N–H and O–H groups in total. The zero-order valence-corrected chi connectivity index (χ0v) is 23.9. The molecule has 0 spiro atoms. The Hall–Kier alpha value is -2.98. The first-order chi connectivity index (χ1) is 18.4. The van der Waals surface area contributed by atoms with Crippen LogP contribution < -0.4 is 0 Å². The molecule has 1 aliphatic heterocycles. The van der Waals surface area contributed by atoms with Gasteiger partial charge in [-0.25, -0.2) is 0 Å². The Labute approximate surface area is 230 Å². The number of aliphatic hydroxyl groups is 1. The molecule has 38 heavy (non-hydrogen) atoms. The van der Waals surface area contributed by atoms with E-state index in [-0.39, 0.29) is 23.2 Å². The van der Waals surface area contributed by atoms with Crippen LogP contribution in [0.2, 0.25) is 0 Å². The van der Waals surface area contributed by atoms with Crippen LogP contribution in [0.4, 0.5) is 0 Å². The normalized spacial score (nSPS) is 17.4. The zero-order valence-electron chi connectivity index (χ0n) is 23.9. The van der Waals surface area contributed by atoms with Gasteiger partial charge in [0.25, 0.3) is 0 Å². The molecular weight excluding hydrogens is 470 g/mol. The SMILES string of the molecule is CC.CC(=O)CCCC(=O)C1C=CC(O)=CC1.CC(Cc1ccc(-c2ccccc2)cc1)CN1CCCC1. The Balaban J connectivity index is 0.000000264. The fourth-order valence-electron chi connectivity index (χ4n) is 4.88. The van der Waals surface area contributed by atoms with Crippen molar-refractivity contribution in [2.75, 3.05) is 19.6 Å². The number of likely N-dealkylation sites (tertiary alicyclic amines) is 1. The summed E-state index contributed by atoms with van der Waals surface area (Å²) in [7, 11) is 0. The van der Waals surface area contributed by atoms with E-state index in [0.29, 0.717) is 25.7 Å². The van der Waals surface area contributed by atoms with E-state index in [4.69, 9.17) is 5.11 Å². The Kier molecular flexibility index (Phi) is 14.4. The lowest BCUT2D eigenvalue weighted by Crippen LogP contribution is -2.26. The van der Waals surface area contributed by atoms with Crippen LogP contribution in [-0.4, -0.2) is 41.2 Å². The van der Waals surface area contributed by atoms with Gasteiger partial charge in [-0.05, 0) is 86.9 Å². The van der Waals surface area contributed by atoms with E-state index >= 15 is 0 Å². The van der Waals surface area contributed by atoms with E-state index in [9.17, 15) is 9.59 Å². The first kappa shape index (κ1) is 31.2. The molecule has 206 valence electrons. The highest BCUT2D eigenvalue weighted by molar-refractivity contribution is 5.84. The number of carbonyl (C=O) groups is 2.